The Morgan fingerprint density at radius 1 is 1.13 bits per heavy atom. The monoisotopic (exact) mass is 336 g/mol. The number of rotatable bonds is 11. The van der Waals surface area contributed by atoms with E-state index in [-0.39, 0.29) is 19.1 Å². The third-order valence-electron chi connectivity index (χ3n) is 3.89. The van der Waals surface area contributed by atoms with Crippen molar-refractivity contribution in [3.63, 3.8) is 0 Å². The van der Waals surface area contributed by atoms with Crippen LogP contribution < -0.4 is 11.1 Å². The van der Waals surface area contributed by atoms with Gasteiger partial charge >= 0.3 is 0 Å². The minimum Gasteiger partial charge on any atom is -0.395 e. The summed E-state index contributed by atoms with van der Waals surface area (Å²) in [5, 5.41) is 32.2. The second kappa shape index (κ2) is 10.9. The lowest BCUT2D eigenvalue weighted by Crippen LogP contribution is -2.52. The van der Waals surface area contributed by atoms with Gasteiger partial charge in [-0.1, -0.05) is 0 Å². The molecular weight excluding hydrogens is 306 g/mol. The number of aliphatic hydroxyl groups is 3. The number of hydrogen-bond donors (Lipinski definition) is 5. The van der Waals surface area contributed by atoms with Gasteiger partial charge in [0, 0.05) is 20.0 Å². The van der Waals surface area contributed by atoms with Gasteiger partial charge < -0.3 is 35.8 Å². The van der Waals surface area contributed by atoms with Gasteiger partial charge in [0.15, 0.2) is 0 Å². The molecule has 0 spiro atoms. The average Bonchev–Trinajstić information content (AvgIpc) is 2.75. The molecule has 4 unspecified atom stereocenters. The van der Waals surface area contributed by atoms with E-state index in [1.165, 1.54) is 6.92 Å². The lowest BCUT2D eigenvalue weighted by Gasteiger charge is -2.29. The first-order valence-corrected chi connectivity index (χ1v) is 7.94. The number of carbonyl (C=O) groups excluding carboxylic acids is 1. The predicted octanol–water partition coefficient (Wildman–Crippen LogP) is -3.84. The molecule has 0 radical (unpaired) electrons. The van der Waals surface area contributed by atoms with Crippen molar-refractivity contribution in [3.8, 4) is 0 Å². The van der Waals surface area contributed by atoms with Crippen LogP contribution in [0.4, 0.5) is 0 Å². The van der Waals surface area contributed by atoms with Gasteiger partial charge in [0.25, 0.3) is 0 Å². The van der Waals surface area contributed by atoms with Gasteiger partial charge in [-0.15, -0.1) is 0 Å². The molecule has 1 fully saturated rings. The Morgan fingerprint density at radius 2 is 1.74 bits per heavy atom. The van der Waals surface area contributed by atoms with E-state index in [9.17, 15) is 20.1 Å². The maximum atomic E-state index is 11.1. The maximum absolute atomic E-state index is 11.1. The highest BCUT2D eigenvalue weighted by atomic mass is 16.5. The molecule has 1 aliphatic rings. The lowest BCUT2D eigenvalue weighted by atomic mass is 10.1. The molecule has 1 aliphatic heterocycles. The van der Waals surface area contributed by atoms with Crippen LogP contribution in [-0.4, -0.2) is 103 Å². The Morgan fingerprint density at radius 3 is 2.30 bits per heavy atom. The summed E-state index contributed by atoms with van der Waals surface area (Å²) >= 11 is 0. The van der Waals surface area contributed by atoms with Gasteiger partial charge in [-0.3, -0.25) is 9.69 Å². The van der Waals surface area contributed by atoms with E-state index in [2.05, 4.69) is 11.1 Å². The number of hydrogen-bond acceptors (Lipinski definition) is 7. The largest absolute Gasteiger partial charge is 0.395 e. The summed E-state index contributed by atoms with van der Waals surface area (Å²) in [6, 6.07) is -1.04. The summed E-state index contributed by atoms with van der Waals surface area (Å²) in [5.74, 6) is -0.210. The molecule has 7 N–H and O–H groups in total. The van der Waals surface area contributed by atoms with Crippen LogP contribution in [0.2, 0.25) is 0 Å². The molecule has 0 saturated carbocycles. The topological polar surface area (TPSA) is 139 Å². The minimum absolute atomic E-state index is 0.205. The van der Waals surface area contributed by atoms with E-state index in [0.717, 1.165) is 0 Å². The Balaban J connectivity index is 2.44. The number of ether oxygens (including phenoxy) is 2. The van der Waals surface area contributed by atoms with Crippen molar-refractivity contribution in [2.45, 2.75) is 31.2 Å². The molecule has 1 heterocycles. The zero-order valence-corrected chi connectivity index (χ0v) is 13.7. The zero-order valence-electron chi connectivity index (χ0n) is 13.7. The van der Waals surface area contributed by atoms with Crippen LogP contribution in [0.1, 0.15) is 6.92 Å². The standard InChI is InChI=1S/C14H29N3O6/c1-10(19)16-8-11-13(20)14(21)12(9-18)17(11)3-5-23-7-6-22-4-2-15/h11-14,18,20-21H,2-9,15H2,1H3,(H,16,19)/p+1. The molecule has 4 atom stereocenters. The molecule has 9 nitrogen and oxygen atoms in total. The quantitative estimate of drug-likeness (QED) is 0.244. The predicted molar refractivity (Wildman–Crippen MR) is 81.5 cm³/mol. The SMILES string of the molecule is CC(=O)NCC1C(O)C(O)C(CO)N1CCOCCOCC[NH3+]. The number of nitrogens with zero attached hydrogens (tertiary/aromatic N) is 1. The highest BCUT2D eigenvalue weighted by Gasteiger charge is 2.46. The molecule has 136 valence electrons. The van der Waals surface area contributed by atoms with Crippen molar-refractivity contribution >= 4 is 5.91 Å². The van der Waals surface area contributed by atoms with E-state index in [4.69, 9.17) is 9.47 Å². The highest BCUT2D eigenvalue weighted by molar-refractivity contribution is 5.72. The van der Waals surface area contributed by atoms with Crippen LogP contribution in [-0.2, 0) is 14.3 Å². The summed E-state index contributed by atoms with van der Waals surface area (Å²) in [4.78, 5) is 12.8. The van der Waals surface area contributed by atoms with Crippen molar-refractivity contribution in [3.05, 3.63) is 0 Å². The molecule has 0 aromatic rings. The molecule has 0 aromatic heterocycles. The normalized spacial score (nSPS) is 28.2. The fourth-order valence-corrected chi connectivity index (χ4v) is 2.72. The smallest absolute Gasteiger partial charge is 0.216 e. The van der Waals surface area contributed by atoms with Gasteiger partial charge in [0.2, 0.25) is 5.91 Å². The van der Waals surface area contributed by atoms with Crippen molar-refractivity contribution in [2.75, 3.05) is 52.7 Å². The zero-order chi connectivity index (χ0) is 17.2. The van der Waals surface area contributed by atoms with E-state index in [0.29, 0.717) is 39.5 Å². The van der Waals surface area contributed by atoms with E-state index < -0.39 is 24.3 Å². The van der Waals surface area contributed by atoms with Crippen LogP contribution in [0.3, 0.4) is 0 Å². The van der Waals surface area contributed by atoms with Crippen molar-refractivity contribution in [1.82, 2.24) is 10.2 Å². The number of nitrogens with one attached hydrogen (secondary N) is 1. The van der Waals surface area contributed by atoms with Gasteiger partial charge in [-0.25, -0.2) is 0 Å². The molecule has 0 bridgehead atoms. The molecule has 9 heteroatoms. The Bertz CT molecular complexity index is 346. The summed E-state index contributed by atoms with van der Waals surface area (Å²) in [7, 11) is 0. The second-order valence-electron chi connectivity index (χ2n) is 5.55. The first kappa shape index (κ1) is 20.2. The third-order valence-corrected chi connectivity index (χ3v) is 3.89. The molecule has 23 heavy (non-hydrogen) atoms. The maximum Gasteiger partial charge on any atom is 0.216 e. The number of aliphatic hydroxyl groups excluding tert-OH is 3. The summed E-state index contributed by atoms with van der Waals surface area (Å²) < 4.78 is 10.7. The first-order valence-electron chi connectivity index (χ1n) is 7.94. The Kier molecular flexibility index (Phi) is 9.56. The highest BCUT2D eigenvalue weighted by Crippen LogP contribution is 2.24. The number of quaternary nitrogens is 1. The van der Waals surface area contributed by atoms with Crippen LogP contribution in [0.25, 0.3) is 0 Å². The molecule has 1 saturated heterocycles. The average molecular weight is 336 g/mol. The molecule has 1 amide bonds. The van der Waals surface area contributed by atoms with E-state index in [1.807, 2.05) is 0 Å². The molecule has 0 aromatic carbocycles. The third kappa shape index (κ3) is 6.30. The van der Waals surface area contributed by atoms with Crippen molar-refractivity contribution < 1.29 is 35.3 Å². The minimum atomic E-state index is -1.06. The van der Waals surface area contributed by atoms with Crippen LogP contribution in [0.15, 0.2) is 0 Å². The van der Waals surface area contributed by atoms with Crippen LogP contribution >= 0.6 is 0 Å². The fraction of sp³-hybridized carbons (Fsp3) is 0.929. The Labute approximate surface area is 136 Å². The number of amides is 1. The van der Waals surface area contributed by atoms with Crippen LogP contribution in [0, 0.1) is 0 Å². The number of carbonyl (C=O) groups is 1. The van der Waals surface area contributed by atoms with Gasteiger partial charge in [-0.2, -0.15) is 0 Å². The number of likely N-dealkylation sites (tertiary alicyclic amines) is 1. The second-order valence-corrected chi connectivity index (χ2v) is 5.55. The summed E-state index contributed by atoms with van der Waals surface area (Å²) in [6.07, 6.45) is -2.08. The van der Waals surface area contributed by atoms with Crippen molar-refractivity contribution in [2.24, 2.45) is 0 Å². The van der Waals surface area contributed by atoms with E-state index in [1.54, 1.807) is 4.90 Å². The molecular formula is C14H30N3O6+. The molecule has 0 aliphatic carbocycles. The van der Waals surface area contributed by atoms with Crippen LogP contribution in [0.5, 0.6) is 0 Å². The molecule has 1 rings (SSSR count). The van der Waals surface area contributed by atoms with Gasteiger partial charge in [0.05, 0.1) is 63.9 Å². The fourth-order valence-electron chi connectivity index (χ4n) is 2.72. The Hall–Kier alpha value is -0.810. The lowest BCUT2D eigenvalue weighted by molar-refractivity contribution is -0.374. The van der Waals surface area contributed by atoms with Crippen molar-refractivity contribution in [1.29, 1.82) is 0 Å². The van der Waals surface area contributed by atoms with Gasteiger partial charge in [-0.05, 0) is 0 Å². The first-order chi connectivity index (χ1) is 11.0. The van der Waals surface area contributed by atoms with E-state index >= 15 is 0 Å². The summed E-state index contributed by atoms with van der Waals surface area (Å²) in [5.41, 5.74) is 3.67. The summed E-state index contributed by atoms with van der Waals surface area (Å²) in [6.45, 7) is 4.36. The van der Waals surface area contributed by atoms with Gasteiger partial charge in [0.1, 0.15) is 0 Å².